The zero-order chi connectivity index (χ0) is 15.1. The summed E-state index contributed by atoms with van der Waals surface area (Å²) >= 11 is 6.05. The molecule has 0 bridgehead atoms. The van der Waals surface area contributed by atoms with E-state index in [-0.39, 0.29) is 10.6 Å². The van der Waals surface area contributed by atoms with Crippen molar-refractivity contribution >= 4 is 23.5 Å². The van der Waals surface area contributed by atoms with Crippen LogP contribution >= 0.6 is 11.6 Å². The minimum atomic E-state index is -1.13. The van der Waals surface area contributed by atoms with E-state index in [1.165, 1.54) is 19.2 Å². The van der Waals surface area contributed by atoms with E-state index < -0.39 is 18.4 Å². The van der Waals surface area contributed by atoms with Crippen LogP contribution in [0.15, 0.2) is 12.1 Å². The molecule has 0 fully saturated rings. The number of benzene rings is 1. The van der Waals surface area contributed by atoms with Gasteiger partial charge in [-0.3, -0.25) is 9.59 Å². The highest BCUT2D eigenvalue weighted by Gasteiger charge is 2.16. The first-order valence-corrected chi connectivity index (χ1v) is 6.37. The average molecular weight is 302 g/mol. The molecule has 1 aromatic carbocycles. The van der Waals surface area contributed by atoms with Crippen molar-refractivity contribution in [2.75, 3.05) is 20.3 Å². The van der Waals surface area contributed by atoms with Crippen molar-refractivity contribution in [1.29, 1.82) is 0 Å². The van der Waals surface area contributed by atoms with Crippen molar-refractivity contribution in [3.63, 3.8) is 0 Å². The smallest absolute Gasteiger partial charge is 0.322 e. The Kier molecular flexibility index (Phi) is 6.11. The first-order valence-electron chi connectivity index (χ1n) is 5.99. The number of ether oxygens (including phenoxy) is 2. The maximum Gasteiger partial charge on any atom is 0.322 e. The molecule has 0 saturated carbocycles. The Morgan fingerprint density at radius 3 is 2.65 bits per heavy atom. The van der Waals surface area contributed by atoms with Gasteiger partial charge in [-0.15, -0.1) is 0 Å². The Bertz CT molecular complexity index is 504. The summed E-state index contributed by atoms with van der Waals surface area (Å²) in [7, 11) is 1.43. The summed E-state index contributed by atoms with van der Waals surface area (Å²) < 4.78 is 10.6. The van der Waals surface area contributed by atoms with Gasteiger partial charge in [0.15, 0.2) is 11.5 Å². The second-order valence-corrected chi connectivity index (χ2v) is 4.32. The number of hydrogen-bond acceptors (Lipinski definition) is 4. The van der Waals surface area contributed by atoms with Crippen LogP contribution in [0, 0.1) is 0 Å². The quantitative estimate of drug-likeness (QED) is 0.804. The second kappa shape index (κ2) is 7.59. The number of carbonyl (C=O) groups excluding carboxylic acids is 1. The van der Waals surface area contributed by atoms with Crippen molar-refractivity contribution in [1.82, 2.24) is 5.32 Å². The molecule has 2 N–H and O–H groups in total. The van der Waals surface area contributed by atoms with Gasteiger partial charge in [-0.25, -0.2) is 0 Å². The number of aliphatic carboxylic acids is 1. The number of carbonyl (C=O) groups is 2. The first-order chi connectivity index (χ1) is 9.49. The van der Waals surface area contributed by atoms with Gasteiger partial charge in [-0.05, 0) is 18.6 Å². The van der Waals surface area contributed by atoms with Gasteiger partial charge in [-0.2, -0.15) is 0 Å². The van der Waals surface area contributed by atoms with Crippen molar-refractivity contribution in [3.8, 4) is 11.5 Å². The van der Waals surface area contributed by atoms with Crippen LogP contribution in [0.5, 0.6) is 11.5 Å². The van der Waals surface area contributed by atoms with Gasteiger partial charge in [0.05, 0.1) is 18.7 Å². The van der Waals surface area contributed by atoms with E-state index in [0.717, 1.165) is 6.42 Å². The molecule has 1 aromatic rings. The number of methoxy groups -OCH3 is 1. The van der Waals surface area contributed by atoms with E-state index in [1.807, 2.05) is 6.92 Å². The van der Waals surface area contributed by atoms with Gasteiger partial charge in [-0.1, -0.05) is 18.5 Å². The van der Waals surface area contributed by atoms with Crippen LogP contribution in [0.1, 0.15) is 23.7 Å². The van der Waals surface area contributed by atoms with Crippen molar-refractivity contribution < 1.29 is 24.2 Å². The zero-order valence-electron chi connectivity index (χ0n) is 11.2. The molecule has 0 heterocycles. The Morgan fingerprint density at radius 1 is 1.40 bits per heavy atom. The number of carboxylic acid groups (broad SMARTS) is 1. The lowest BCUT2D eigenvalue weighted by atomic mass is 10.2. The van der Waals surface area contributed by atoms with Crippen LogP contribution < -0.4 is 14.8 Å². The molecule has 0 aromatic heterocycles. The summed E-state index contributed by atoms with van der Waals surface area (Å²) in [5, 5.41) is 11.0. The Hall–Kier alpha value is -1.95. The van der Waals surface area contributed by atoms with Crippen LogP contribution in [-0.2, 0) is 4.79 Å². The van der Waals surface area contributed by atoms with E-state index in [2.05, 4.69) is 5.32 Å². The second-order valence-electron chi connectivity index (χ2n) is 3.91. The molecule has 6 nitrogen and oxygen atoms in total. The fraction of sp³-hybridized carbons (Fsp3) is 0.385. The molecule has 110 valence electrons. The lowest BCUT2D eigenvalue weighted by Crippen LogP contribution is -2.29. The van der Waals surface area contributed by atoms with E-state index >= 15 is 0 Å². The van der Waals surface area contributed by atoms with Crippen LogP contribution in [-0.4, -0.2) is 37.2 Å². The minimum Gasteiger partial charge on any atom is -0.493 e. The van der Waals surface area contributed by atoms with Gasteiger partial charge in [0.25, 0.3) is 5.91 Å². The molecule has 0 aliphatic carbocycles. The maximum absolute atomic E-state index is 11.8. The first kappa shape index (κ1) is 16.1. The Morgan fingerprint density at radius 2 is 2.10 bits per heavy atom. The van der Waals surface area contributed by atoms with E-state index in [0.29, 0.717) is 18.1 Å². The number of nitrogens with one attached hydrogen (secondary N) is 1. The molecule has 0 spiro atoms. The van der Waals surface area contributed by atoms with Crippen LogP contribution in [0.2, 0.25) is 5.02 Å². The molecule has 0 saturated heterocycles. The van der Waals surface area contributed by atoms with Gasteiger partial charge in [0, 0.05) is 5.56 Å². The highest BCUT2D eigenvalue weighted by Crippen LogP contribution is 2.36. The molecule has 7 heteroatoms. The lowest BCUT2D eigenvalue weighted by Gasteiger charge is -2.13. The standard InChI is InChI=1S/C13H16ClNO5/c1-3-4-20-12-9(14)5-8(6-10(12)19-2)13(18)15-7-11(16)17/h5-6H,3-4,7H2,1-2H3,(H,15,18)(H,16,17). The third kappa shape index (κ3) is 4.31. The summed E-state index contributed by atoms with van der Waals surface area (Å²) in [5.74, 6) is -0.980. The van der Waals surface area contributed by atoms with Gasteiger partial charge in [0.1, 0.15) is 6.54 Å². The molecule has 0 unspecified atom stereocenters. The highest BCUT2D eigenvalue weighted by atomic mass is 35.5. The van der Waals surface area contributed by atoms with Crippen LogP contribution in [0.4, 0.5) is 0 Å². The van der Waals surface area contributed by atoms with E-state index in [4.69, 9.17) is 26.2 Å². The summed E-state index contributed by atoms with van der Waals surface area (Å²) in [4.78, 5) is 22.2. The normalized spacial score (nSPS) is 9.95. The molecule has 0 atom stereocenters. The minimum absolute atomic E-state index is 0.206. The summed E-state index contributed by atoms with van der Waals surface area (Å²) in [6, 6.07) is 2.86. The number of rotatable bonds is 7. The van der Waals surface area contributed by atoms with Gasteiger partial charge < -0.3 is 19.9 Å². The summed E-state index contributed by atoms with van der Waals surface area (Å²) in [6.07, 6.45) is 0.806. The van der Waals surface area contributed by atoms with Gasteiger partial charge in [0.2, 0.25) is 0 Å². The summed E-state index contributed by atoms with van der Waals surface area (Å²) in [5.41, 5.74) is 0.206. The number of carboxylic acids is 1. The molecule has 20 heavy (non-hydrogen) atoms. The Labute approximate surface area is 121 Å². The molecule has 0 aliphatic heterocycles. The topological polar surface area (TPSA) is 84.9 Å². The van der Waals surface area contributed by atoms with Crippen molar-refractivity contribution in [2.45, 2.75) is 13.3 Å². The van der Waals surface area contributed by atoms with E-state index in [1.54, 1.807) is 0 Å². The SMILES string of the molecule is CCCOc1c(Cl)cc(C(=O)NCC(=O)O)cc1OC. The van der Waals surface area contributed by atoms with Gasteiger partial charge >= 0.3 is 5.97 Å². The molecule has 1 amide bonds. The lowest BCUT2D eigenvalue weighted by molar-refractivity contribution is -0.135. The predicted octanol–water partition coefficient (Wildman–Crippen LogP) is 1.95. The summed E-state index contributed by atoms with van der Waals surface area (Å²) in [6.45, 7) is 1.96. The van der Waals surface area contributed by atoms with E-state index in [9.17, 15) is 9.59 Å². The monoisotopic (exact) mass is 301 g/mol. The molecule has 0 radical (unpaired) electrons. The molecule has 0 aliphatic rings. The maximum atomic E-state index is 11.8. The molecular formula is C13H16ClNO5. The zero-order valence-corrected chi connectivity index (χ0v) is 12.0. The highest BCUT2D eigenvalue weighted by molar-refractivity contribution is 6.32. The fourth-order valence-electron chi connectivity index (χ4n) is 1.45. The number of hydrogen-bond donors (Lipinski definition) is 2. The fourth-order valence-corrected chi connectivity index (χ4v) is 1.72. The number of halogens is 1. The predicted molar refractivity (Wildman–Crippen MR) is 73.8 cm³/mol. The largest absolute Gasteiger partial charge is 0.493 e. The van der Waals surface area contributed by atoms with Crippen molar-refractivity contribution in [2.24, 2.45) is 0 Å². The van der Waals surface area contributed by atoms with Crippen LogP contribution in [0.3, 0.4) is 0 Å². The average Bonchev–Trinajstić information content (AvgIpc) is 2.42. The number of amides is 1. The third-order valence-electron chi connectivity index (χ3n) is 2.34. The van der Waals surface area contributed by atoms with Crippen molar-refractivity contribution in [3.05, 3.63) is 22.7 Å². The van der Waals surface area contributed by atoms with Crippen LogP contribution in [0.25, 0.3) is 0 Å². The Balaban J connectivity index is 2.97. The molecule has 1 rings (SSSR count). The molecular weight excluding hydrogens is 286 g/mol. The third-order valence-corrected chi connectivity index (χ3v) is 2.62.